The first-order valence-corrected chi connectivity index (χ1v) is 9.82. The Hall–Kier alpha value is -3.81. The van der Waals surface area contributed by atoms with Gasteiger partial charge in [-0.3, -0.25) is 14.2 Å². The number of nitrogens with zero attached hydrogens (tertiary/aromatic N) is 5. The first kappa shape index (κ1) is 20.5. The number of fused-ring (bicyclic) bond motifs is 1. The highest BCUT2D eigenvalue weighted by Gasteiger charge is 2.16. The molecule has 7 nitrogen and oxygen atoms in total. The summed E-state index contributed by atoms with van der Waals surface area (Å²) >= 11 is 0. The molecule has 4 rings (SSSR count). The van der Waals surface area contributed by atoms with E-state index in [9.17, 15) is 14.0 Å². The second-order valence-corrected chi connectivity index (χ2v) is 7.69. The van der Waals surface area contributed by atoms with E-state index in [1.165, 1.54) is 34.1 Å². The molecule has 0 saturated carbocycles. The van der Waals surface area contributed by atoms with Crippen LogP contribution in [0.2, 0.25) is 0 Å². The second-order valence-electron chi connectivity index (χ2n) is 7.69. The smallest absolute Gasteiger partial charge is 0.264 e. The highest BCUT2D eigenvalue weighted by molar-refractivity contribution is 5.78. The highest BCUT2D eigenvalue weighted by atomic mass is 19.1. The summed E-state index contributed by atoms with van der Waals surface area (Å²) in [7, 11) is 1.64. The number of halogens is 1. The van der Waals surface area contributed by atoms with Crippen molar-refractivity contribution in [3.8, 4) is 5.69 Å². The van der Waals surface area contributed by atoms with Crippen molar-refractivity contribution >= 4 is 16.9 Å². The summed E-state index contributed by atoms with van der Waals surface area (Å²) in [6, 6.07) is 12.0. The average molecular weight is 419 g/mol. The van der Waals surface area contributed by atoms with Crippen LogP contribution in [0.3, 0.4) is 0 Å². The molecule has 2 aromatic heterocycles. The van der Waals surface area contributed by atoms with Gasteiger partial charge in [0, 0.05) is 13.6 Å². The van der Waals surface area contributed by atoms with Crippen LogP contribution >= 0.6 is 0 Å². The lowest BCUT2D eigenvalue weighted by Crippen LogP contribution is -2.33. The van der Waals surface area contributed by atoms with Gasteiger partial charge in [-0.1, -0.05) is 18.2 Å². The molecule has 0 bridgehead atoms. The number of rotatable bonds is 5. The van der Waals surface area contributed by atoms with E-state index in [0.29, 0.717) is 17.6 Å². The number of carbonyl (C=O) groups excluding carboxylic acids is 1. The van der Waals surface area contributed by atoms with Gasteiger partial charge in [-0.25, -0.2) is 14.1 Å². The van der Waals surface area contributed by atoms with Crippen LogP contribution in [-0.2, 0) is 17.9 Å². The fraction of sp³-hybridized carbons (Fsp3) is 0.217. The molecule has 0 fully saturated rings. The van der Waals surface area contributed by atoms with Gasteiger partial charge >= 0.3 is 0 Å². The van der Waals surface area contributed by atoms with Crippen LogP contribution in [0, 0.1) is 19.7 Å². The van der Waals surface area contributed by atoms with E-state index in [1.807, 2.05) is 26.0 Å². The van der Waals surface area contributed by atoms with E-state index >= 15 is 0 Å². The molecule has 0 aliphatic carbocycles. The maximum absolute atomic E-state index is 13.1. The third-order valence-corrected chi connectivity index (χ3v) is 5.07. The van der Waals surface area contributed by atoms with Gasteiger partial charge in [0.2, 0.25) is 5.91 Å². The molecule has 1 amide bonds. The number of aromatic nitrogens is 4. The Morgan fingerprint density at radius 3 is 2.45 bits per heavy atom. The standard InChI is InChI=1S/C23H22FN5O2/c1-15-8-16(2)10-19(9-15)29-22-20(11-26-29)23(31)28(14-25-22)13-21(30)27(3)12-17-4-6-18(24)7-5-17/h4-11,14H,12-13H2,1-3H3. The molecule has 0 saturated heterocycles. The zero-order chi connectivity index (χ0) is 22.1. The summed E-state index contributed by atoms with van der Waals surface area (Å²) in [6.45, 7) is 4.16. The maximum Gasteiger partial charge on any atom is 0.264 e. The maximum atomic E-state index is 13.1. The molecule has 4 aromatic rings. The Labute approximate surface area is 178 Å². The van der Waals surface area contributed by atoms with Gasteiger partial charge in [0.05, 0.1) is 11.9 Å². The third-order valence-electron chi connectivity index (χ3n) is 5.07. The van der Waals surface area contributed by atoms with Gasteiger partial charge in [0.1, 0.15) is 24.1 Å². The highest BCUT2D eigenvalue weighted by Crippen LogP contribution is 2.17. The van der Waals surface area contributed by atoms with E-state index in [-0.39, 0.29) is 23.8 Å². The topological polar surface area (TPSA) is 73.0 Å². The SMILES string of the molecule is Cc1cc(C)cc(-n2ncc3c(=O)n(CC(=O)N(C)Cc4ccc(F)cc4)cnc32)c1. The van der Waals surface area contributed by atoms with Crippen molar-refractivity contribution in [2.45, 2.75) is 26.9 Å². The summed E-state index contributed by atoms with van der Waals surface area (Å²) < 4.78 is 16.0. The molecule has 0 aliphatic rings. The molecule has 0 N–H and O–H groups in total. The van der Waals surface area contributed by atoms with Crippen molar-refractivity contribution < 1.29 is 9.18 Å². The van der Waals surface area contributed by atoms with Gasteiger partial charge in [-0.05, 0) is 54.8 Å². The summed E-state index contributed by atoms with van der Waals surface area (Å²) in [5.74, 6) is -0.584. The van der Waals surface area contributed by atoms with E-state index in [4.69, 9.17) is 0 Å². The Kier molecular flexibility index (Phi) is 5.37. The Balaban J connectivity index is 1.57. The molecular weight excluding hydrogens is 397 g/mol. The largest absolute Gasteiger partial charge is 0.340 e. The summed E-state index contributed by atoms with van der Waals surface area (Å²) in [4.78, 5) is 31.4. The molecule has 2 heterocycles. The Morgan fingerprint density at radius 2 is 1.77 bits per heavy atom. The summed E-state index contributed by atoms with van der Waals surface area (Å²) in [6.07, 6.45) is 2.85. The van der Waals surface area contributed by atoms with E-state index in [1.54, 1.807) is 23.9 Å². The second kappa shape index (κ2) is 8.14. The van der Waals surface area contributed by atoms with Crippen molar-refractivity contribution in [1.29, 1.82) is 0 Å². The number of likely N-dealkylation sites (N-methyl/N-ethyl adjacent to an activating group) is 1. The van der Waals surface area contributed by atoms with Gasteiger partial charge in [0.25, 0.3) is 5.56 Å². The van der Waals surface area contributed by atoms with E-state index in [2.05, 4.69) is 16.1 Å². The minimum Gasteiger partial charge on any atom is -0.340 e. The monoisotopic (exact) mass is 419 g/mol. The van der Waals surface area contributed by atoms with Crippen LogP contribution < -0.4 is 5.56 Å². The van der Waals surface area contributed by atoms with Crippen molar-refractivity contribution in [3.05, 3.63) is 87.9 Å². The first-order chi connectivity index (χ1) is 14.8. The predicted octanol–water partition coefficient (Wildman–Crippen LogP) is 3.00. The quantitative estimate of drug-likeness (QED) is 0.499. The van der Waals surface area contributed by atoms with E-state index in [0.717, 1.165) is 22.4 Å². The van der Waals surface area contributed by atoms with Crippen LogP contribution in [0.15, 0.2) is 59.8 Å². The summed E-state index contributed by atoms with van der Waals surface area (Å²) in [5, 5.41) is 4.68. The zero-order valence-corrected chi connectivity index (χ0v) is 17.5. The molecule has 0 spiro atoms. The zero-order valence-electron chi connectivity index (χ0n) is 17.5. The molecule has 0 aliphatic heterocycles. The Bertz CT molecular complexity index is 1300. The normalized spacial score (nSPS) is 11.1. The van der Waals surface area contributed by atoms with Crippen LogP contribution in [0.5, 0.6) is 0 Å². The number of amides is 1. The van der Waals surface area contributed by atoms with Crippen molar-refractivity contribution in [3.63, 3.8) is 0 Å². The van der Waals surface area contributed by atoms with Crippen LogP contribution in [0.25, 0.3) is 16.7 Å². The van der Waals surface area contributed by atoms with Gasteiger partial charge < -0.3 is 4.90 Å². The van der Waals surface area contributed by atoms with Gasteiger partial charge in [0.15, 0.2) is 5.65 Å². The number of hydrogen-bond acceptors (Lipinski definition) is 4. The van der Waals surface area contributed by atoms with Crippen LogP contribution in [-0.4, -0.2) is 37.2 Å². The Morgan fingerprint density at radius 1 is 1.10 bits per heavy atom. The number of aryl methyl sites for hydroxylation is 2. The van der Waals surface area contributed by atoms with Crippen LogP contribution in [0.4, 0.5) is 4.39 Å². The van der Waals surface area contributed by atoms with Gasteiger partial charge in [-0.2, -0.15) is 5.10 Å². The summed E-state index contributed by atoms with van der Waals surface area (Å²) in [5.41, 5.74) is 3.91. The minimum atomic E-state index is -0.329. The van der Waals surface area contributed by atoms with Crippen molar-refractivity contribution in [2.24, 2.45) is 0 Å². The van der Waals surface area contributed by atoms with Crippen molar-refractivity contribution in [1.82, 2.24) is 24.2 Å². The molecule has 0 atom stereocenters. The lowest BCUT2D eigenvalue weighted by Gasteiger charge is -2.18. The lowest BCUT2D eigenvalue weighted by molar-refractivity contribution is -0.131. The molecule has 8 heteroatoms. The number of hydrogen-bond donors (Lipinski definition) is 0. The number of carbonyl (C=O) groups is 1. The number of benzene rings is 2. The predicted molar refractivity (Wildman–Crippen MR) is 115 cm³/mol. The van der Waals surface area contributed by atoms with E-state index < -0.39 is 0 Å². The molecule has 31 heavy (non-hydrogen) atoms. The first-order valence-electron chi connectivity index (χ1n) is 9.82. The van der Waals surface area contributed by atoms with Gasteiger partial charge in [-0.15, -0.1) is 0 Å². The fourth-order valence-electron chi connectivity index (χ4n) is 3.54. The third kappa shape index (κ3) is 4.23. The molecule has 2 aromatic carbocycles. The molecule has 0 radical (unpaired) electrons. The average Bonchev–Trinajstić information content (AvgIpc) is 3.16. The van der Waals surface area contributed by atoms with Crippen molar-refractivity contribution in [2.75, 3.05) is 7.05 Å². The molecule has 158 valence electrons. The fourth-order valence-corrected chi connectivity index (χ4v) is 3.54. The molecular formula is C23H22FN5O2. The molecule has 0 unspecified atom stereocenters. The van der Waals surface area contributed by atoms with Crippen LogP contribution in [0.1, 0.15) is 16.7 Å². The lowest BCUT2D eigenvalue weighted by atomic mass is 10.1. The minimum absolute atomic E-state index is 0.145.